The van der Waals surface area contributed by atoms with Gasteiger partial charge in [-0.3, -0.25) is 10.9 Å². The van der Waals surface area contributed by atoms with E-state index in [-0.39, 0.29) is 44.7 Å². The van der Waals surface area contributed by atoms with Crippen molar-refractivity contribution >= 4 is 5.91 Å². The number of hydrogen-bond acceptors (Lipinski definition) is 1. The molecule has 0 N–H and O–H groups in total. The molecule has 0 bridgehead atoms. The molecule has 2 nitrogen and oxygen atoms in total. The van der Waals surface area contributed by atoms with Gasteiger partial charge in [-0.2, -0.15) is 13.0 Å². The van der Waals surface area contributed by atoms with Crippen molar-refractivity contribution in [2.75, 3.05) is 0 Å². The van der Waals surface area contributed by atoms with Crippen LogP contribution in [0.4, 0.5) is 0 Å². The molecule has 1 rings (SSSR count). The van der Waals surface area contributed by atoms with Gasteiger partial charge in [-0.25, -0.2) is 6.08 Å². The molecule has 15 heavy (non-hydrogen) atoms. The van der Waals surface area contributed by atoms with Gasteiger partial charge in [0.2, 0.25) is 5.91 Å². The Labute approximate surface area is 120 Å². The smallest absolute Gasteiger partial charge is 0.207 e. The largest absolute Gasteiger partial charge is 0.394 e. The van der Waals surface area contributed by atoms with E-state index in [1.807, 2.05) is 26.8 Å². The van der Waals surface area contributed by atoms with Crippen LogP contribution in [-0.4, -0.2) is 16.8 Å². The Morgan fingerprint density at radius 2 is 1.87 bits per heavy atom. The molecular formula is C12H21NOY-2. The Kier molecular flexibility index (Phi) is 19.2. The zero-order chi connectivity index (χ0) is 11.6. The molecule has 1 radical (unpaired) electrons. The van der Waals surface area contributed by atoms with E-state index < -0.39 is 0 Å². The van der Waals surface area contributed by atoms with Gasteiger partial charge in [0.05, 0.1) is 0 Å². The van der Waals surface area contributed by atoms with E-state index in [9.17, 15) is 4.79 Å². The molecule has 0 aliphatic carbocycles. The maximum Gasteiger partial charge on any atom is 0.207 e. The topological polar surface area (TPSA) is 20.3 Å². The first-order valence-corrected chi connectivity index (χ1v) is 4.97. The molecule has 1 heterocycles. The minimum absolute atomic E-state index is 0. The molecule has 1 amide bonds. The van der Waals surface area contributed by atoms with Gasteiger partial charge in [0.15, 0.2) is 0 Å². The molecule has 1 aliphatic rings. The first-order chi connectivity index (χ1) is 6.72. The van der Waals surface area contributed by atoms with Crippen molar-refractivity contribution in [2.45, 2.75) is 40.7 Å². The zero-order valence-electron chi connectivity index (χ0n) is 10.4. The Morgan fingerprint density at radius 1 is 1.40 bits per heavy atom. The SMILES string of the molecule is CC.CC(=O)N1C=C[C-]=CC1C.[CH2-]C.[Y]. The van der Waals surface area contributed by atoms with Crippen LogP contribution in [0.25, 0.3) is 0 Å². The van der Waals surface area contributed by atoms with Crippen molar-refractivity contribution in [3.05, 3.63) is 31.4 Å². The average Bonchev–Trinajstić information content (AvgIpc) is 2.24. The van der Waals surface area contributed by atoms with Crippen LogP contribution in [0.15, 0.2) is 18.4 Å². The minimum Gasteiger partial charge on any atom is -0.394 e. The predicted molar refractivity (Wildman–Crippen MR) is 61.3 cm³/mol. The molecule has 0 aromatic heterocycles. The Balaban J connectivity index is -0.000000258. The van der Waals surface area contributed by atoms with E-state index in [0.717, 1.165) is 0 Å². The summed E-state index contributed by atoms with van der Waals surface area (Å²) < 4.78 is 0. The molecule has 0 spiro atoms. The summed E-state index contributed by atoms with van der Waals surface area (Å²) in [5, 5.41) is 0. The maximum atomic E-state index is 10.8. The van der Waals surface area contributed by atoms with Crippen molar-refractivity contribution < 1.29 is 37.5 Å². The molecule has 3 heteroatoms. The van der Waals surface area contributed by atoms with Crippen molar-refractivity contribution in [1.82, 2.24) is 4.90 Å². The number of amides is 1. The molecule has 1 aliphatic heterocycles. The quantitative estimate of drug-likeness (QED) is 0.626. The van der Waals surface area contributed by atoms with Crippen LogP contribution >= 0.6 is 0 Å². The fourth-order valence-electron chi connectivity index (χ4n) is 0.926. The van der Waals surface area contributed by atoms with E-state index in [4.69, 9.17) is 0 Å². The monoisotopic (exact) mass is 284 g/mol. The van der Waals surface area contributed by atoms with E-state index in [1.54, 1.807) is 31.0 Å². The van der Waals surface area contributed by atoms with Gasteiger partial charge in [0.25, 0.3) is 0 Å². The number of hydrogen-bond donors (Lipinski definition) is 0. The third kappa shape index (κ3) is 9.01. The summed E-state index contributed by atoms with van der Waals surface area (Å²) in [5.74, 6) is 0.0708. The van der Waals surface area contributed by atoms with E-state index in [2.05, 4.69) is 13.0 Å². The van der Waals surface area contributed by atoms with Crippen molar-refractivity contribution in [3.8, 4) is 0 Å². The standard InChI is InChI=1S/C8H10NO.C2H6.C2H5.Y/c1-7-5-3-4-6-9(7)8(2)10;2*1-2;/h4-7H,1-2H3;1-2H3;1H2,2H3;/q-1;;-1;. The second-order valence-corrected chi connectivity index (χ2v) is 2.32. The first-order valence-electron chi connectivity index (χ1n) is 4.97. The van der Waals surface area contributed by atoms with Crippen molar-refractivity contribution in [3.63, 3.8) is 0 Å². The summed E-state index contributed by atoms with van der Waals surface area (Å²) in [6.45, 7) is 12.5. The van der Waals surface area contributed by atoms with Crippen LogP contribution in [0, 0.1) is 13.0 Å². The summed E-state index contributed by atoms with van der Waals surface area (Å²) in [6, 6.07) is 0.155. The molecule has 0 fully saturated rings. The molecule has 0 aromatic rings. The Bertz CT molecular complexity index is 200. The molecule has 1 unspecified atom stereocenters. The number of nitrogens with zero attached hydrogens (tertiary/aromatic N) is 1. The number of rotatable bonds is 0. The van der Waals surface area contributed by atoms with Gasteiger partial charge in [-0.1, -0.05) is 13.8 Å². The molecule has 85 valence electrons. The summed E-state index contributed by atoms with van der Waals surface area (Å²) in [6.07, 6.45) is 8.26. The predicted octanol–water partition coefficient (Wildman–Crippen LogP) is 2.97. The zero-order valence-corrected chi connectivity index (χ0v) is 13.3. The summed E-state index contributed by atoms with van der Waals surface area (Å²) in [4.78, 5) is 12.5. The average molecular weight is 284 g/mol. The van der Waals surface area contributed by atoms with E-state index >= 15 is 0 Å². The van der Waals surface area contributed by atoms with Gasteiger partial charge in [-0.05, 0) is 6.92 Å². The summed E-state index contributed by atoms with van der Waals surface area (Å²) in [7, 11) is 0. The Morgan fingerprint density at radius 3 is 2.13 bits per heavy atom. The molecule has 0 saturated heterocycles. The van der Waals surface area contributed by atoms with Crippen LogP contribution < -0.4 is 0 Å². The second-order valence-electron chi connectivity index (χ2n) is 2.32. The van der Waals surface area contributed by atoms with Gasteiger partial charge in [0, 0.05) is 45.7 Å². The molecule has 0 aromatic carbocycles. The van der Waals surface area contributed by atoms with Gasteiger partial charge < -0.3 is 11.8 Å². The van der Waals surface area contributed by atoms with Crippen LogP contribution in [0.3, 0.4) is 0 Å². The summed E-state index contributed by atoms with van der Waals surface area (Å²) in [5.41, 5.74) is 0. The van der Waals surface area contributed by atoms with Crippen molar-refractivity contribution in [1.29, 1.82) is 0 Å². The summed E-state index contributed by atoms with van der Waals surface area (Å²) >= 11 is 0. The van der Waals surface area contributed by atoms with Gasteiger partial charge in [0.1, 0.15) is 0 Å². The first kappa shape index (κ1) is 20.5. The fraction of sp³-hybridized carbons (Fsp3) is 0.500. The van der Waals surface area contributed by atoms with Crippen molar-refractivity contribution in [2.24, 2.45) is 0 Å². The second kappa shape index (κ2) is 14.1. The Hall–Kier alpha value is 0.0539. The third-order valence-electron chi connectivity index (χ3n) is 1.47. The molecule has 1 atom stereocenters. The third-order valence-corrected chi connectivity index (χ3v) is 1.47. The van der Waals surface area contributed by atoms with Crippen LogP contribution in [0.2, 0.25) is 0 Å². The number of carbonyl (C=O) groups excluding carboxylic acids is 1. The van der Waals surface area contributed by atoms with Crippen LogP contribution in [-0.2, 0) is 37.5 Å². The molecule has 0 saturated carbocycles. The van der Waals surface area contributed by atoms with Gasteiger partial charge in [-0.15, -0.1) is 6.20 Å². The van der Waals surface area contributed by atoms with E-state index in [1.165, 1.54) is 0 Å². The fourth-order valence-corrected chi connectivity index (χ4v) is 0.926. The van der Waals surface area contributed by atoms with Gasteiger partial charge >= 0.3 is 0 Å². The van der Waals surface area contributed by atoms with Crippen LogP contribution in [0.5, 0.6) is 0 Å². The minimum atomic E-state index is 0. The normalized spacial score (nSPS) is 16.4. The van der Waals surface area contributed by atoms with E-state index in [0.29, 0.717) is 0 Å². The molecular weight excluding hydrogens is 263 g/mol. The van der Waals surface area contributed by atoms with Crippen LogP contribution in [0.1, 0.15) is 34.6 Å². The number of allylic oxidation sites excluding steroid dienone is 2. The number of carbonyl (C=O) groups is 1. The maximum absolute atomic E-state index is 10.8.